The van der Waals surface area contributed by atoms with E-state index in [1.165, 1.54) is 11.8 Å². The molecule has 7 nitrogen and oxygen atoms in total. The van der Waals surface area contributed by atoms with Gasteiger partial charge in [0.15, 0.2) is 5.65 Å². The summed E-state index contributed by atoms with van der Waals surface area (Å²) in [7, 11) is 0. The Morgan fingerprint density at radius 2 is 2.16 bits per heavy atom. The number of carbonyl (C=O) groups excluding carboxylic acids is 1. The number of nitrogens with zero attached hydrogens (tertiary/aromatic N) is 5. The molecule has 4 aromatic rings. The first-order chi connectivity index (χ1) is 12.2. The van der Waals surface area contributed by atoms with E-state index in [-0.39, 0.29) is 5.91 Å². The van der Waals surface area contributed by atoms with Crippen LogP contribution in [0.2, 0.25) is 0 Å². The van der Waals surface area contributed by atoms with Crippen LogP contribution in [0.15, 0.2) is 36.7 Å². The Kier molecular flexibility index (Phi) is 4.10. The molecule has 0 radical (unpaired) electrons. The summed E-state index contributed by atoms with van der Waals surface area (Å²) in [6, 6.07) is 8.00. The molecule has 0 atom stereocenters. The van der Waals surface area contributed by atoms with Crippen LogP contribution in [0.1, 0.15) is 22.3 Å². The van der Waals surface area contributed by atoms with Crippen LogP contribution in [0.5, 0.6) is 0 Å². The van der Waals surface area contributed by atoms with Crippen molar-refractivity contribution in [2.75, 3.05) is 6.54 Å². The summed E-state index contributed by atoms with van der Waals surface area (Å²) in [5.41, 5.74) is 4.05. The van der Waals surface area contributed by atoms with Gasteiger partial charge in [-0.05, 0) is 31.0 Å². The number of hydrogen-bond acceptors (Lipinski definition) is 6. The summed E-state index contributed by atoms with van der Waals surface area (Å²) in [6.07, 6.45) is 4.20. The van der Waals surface area contributed by atoms with Crippen LogP contribution in [-0.4, -0.2) is 36.0 Å². The predicted molar refractivity (Wildman–Crippen MR) is 96.6 cm³/mol. The molecule has 4 rings (SSSR count). The SMILES string of the molecule is Cc1ccc2cnn(CCCNC(=O)c3cnc4nsnc4c3)c2c1. The van der Waals surface area contributed by atoms with Crippen LogP contribution in [-0.2, 0) is 6.54 Å². The Hall–Kier alpha value is -2.87. The molecule has 25 heavy (non-hydrogen) atoms. The standard InChI is InChI=1S/C17H16N6OS/c1-11-3-4-12-10-20-23(15(12)7-11)6-2-5-18-17(24)13-8-14-16(19-9-13)22-25-21-14/h3-4,7-10H,2,5-6H2,1H3,(H,18,24). The van der Waals surface area contributed by atoms with Gasteiger partial charge in [-0.25, -0.2) is 4.98 Å². The van der Waals surface area contributed by atoms with Crippen LogP contribution in [0.25, 0.3) is 22.1 Å². The van der Waals surface area contributed by atoms with E-state index in [0.29, 0.717) is 23.3 Å². The maximum atomic E-state index is 12.2. The van der Waals surface area contributed by atoms with E-state index in [9.17, 15) is 4.79 Å². The highest BCUT2D eigenvalue weighted by Gasteiger charge is 2.09. The van der Waals surface area contributed by atoms with Gasteiger partial charge in [-0.1, -0.05) is 12.1 Å². The van der Waals surface area contributed by atoms with Crippen molar-refractivity contribution in [3.63, 3.8) is 0 Å². The van der Waals surface area contributed by atoms with Gasteiger partial charge in [0.25, 0.3) is 5.91 Å². The maximum absolute atomic E-state index is 12.2. The van der Waals surface area contributed by atoms with Crippen molar-refractivity contribution in [2.24, 2.45) is 0 Å². The molecule has 0 spiro atoms. The first-order valence-corrected chi connectivity index (χ1v) is 8.72. The van der Waals surface area contributed by atoms with Crippen molar-refractivity contribution in [1.29, 1.82) is 0 Å². The first-order valence-electron chi connectivity index (χ1n) is 7.99. The number of carbonyl (C=O) groups is 1. The summed E-state index contributed by atoms with van der Waals surface area (Å²) in [5, 5.41) is 8.46. The normalized spacial score (nSPS) is 11.2. The summed E-state index contributed by atoms with van der Waals surface area (Å²) in [5.74, 6) is -0.149. The predicted octanol–water partition coefficient (Wildman–Crippen LogP) is 2.56. The monoisotopic (exact) mass is 352 g/mol. The second kappa shape index (κ2) is 6.56. The van der Waals surface area contributed by atoms with Crippen molar-refractivity contribution in [2.45, 2.75) is 19.9 Å². The Morgan fingerprint density at radius 3 is 3.08 bits per heavy atom. The average molecular weight is 352 g/mol. The van der Waals surface area contributed by atoms with Gasteiger partial charge in [0.05, 0.1) is 29.0 Å². The highest BCUT2D eigenvalue weighted by Crippen LogP contribution is 2.15. The van der Waals surface area contributed by atoms with E-state index in [1.807, 2.05) is 10.9 Å². The zero-order valence-electron chi connectivity index (χ0n) is 13.6. The highest BCUT2D eigenvalue weighted by molar-refractivity contribution is 7.00. The molecule has 0 aliphatic heterocycles. The van der Waals surface area contributed by atoms with Gasteiger partial charge in [-0.2, -0.15) is 13.8 Å². The van der Waals surface area contributed by atoms with Crippen LogP contribution in [0, 0.1) is 6.92 Å². The smallest absolute Gasteiger partial charge is 0.252 e. The third kappa shape index (κ3) is 3.20. The zero-order chi connectivity index (χ0) is 17.2. The number of aryl methyl sites for hydroxylation is 2. The number of benzene rings is 1. The molecule has 3 aromatic heterocycles. The number of rotatable bonds is 5. The molecule has 8 heteroatoms. The van der Waals surface area contributed by atoms with Crippen molar-refractivity contribution in [3.8, 4) is 0 Å². The second-order valence-corrected chi connectivity index (χ2v) is 6.40. The minimum absolute atomic E-state index is 0.149. The minimum Gasteiger partial charge on any atom is -0.352 e. The molecule has 0 saturated heterocycles. The van der Waals surface area contributed by atoms with Gasteiger partial charge < -0.3 is 5.32 Å². The van der Waals surface area contributed by atoms with Gasteiger partial charge in [-0.3, -0.25) is 9.48 Å². The van der Waals surface area contributed by atoms with Crippen molar-refractivity contribution < 1.29 is 4.79 Å². The van der Waals surface area contributed by atoms with Crippen LogP contribution in [0.4, 0.5) is 0 Å². The van der Waals surface area contributed by atoms with E-state index in [1.54, 1.807) is 6.07 Å². The van der Waals surface area contributed by atoms with Crippen LogP contribution >= 0.6 is 11.7 Å². The highest BCUT2D eigenvalue weighted by atomic mass is 32.1. The van der Waals surface area contributed by atoms with Gasteiger partial charge in [0, 0.05) is 24.7 Å². The lowest BCUT2D eigenvalue weighted by Crippen LogP contribution is -2.25. The molecule has 1 N–H and O–H groups in total. The fourth-order valence-electron chi connectivity index (χ4n) is 2.70. The van der Waals surface area contributed by atoms with E-state index in [0.717, 1.165) is 35.6 Å². The molecule has 0 aliphatic rings. The summed E-state index contributed by atoms with van der Waals surface area (Å²) >= 11 is 1.09. The first kappa shape index (κ1) is 15.6. The molecule has 0 saturated carbocycles. The third-order valence-corrected chi connectivity index (χ3v) is 4.54. The van der Waals surface area contributed by atoms with Gasteiger partial charge >= 0.3 is 0 Å². The third-order valence-electron chi connectivity index (χ3n) is 4.01. The summed E-state index contributed by atoms with van der Waals surface area (Å²) in [4.78, 5) is 16.3. The van der Waals surface area contributed by atoms with Crippen molar-refractivity contribution in [1.82, 2.24) is 28.8 Å². The lowest BCUT2D eigenvalue weighted by Gasteiger charge is -2.06. The lowest BCUT2D eigenvalue weighted by atomic mass is 10.2. The van der Waals surface area contributed by atoms with E-state index in [4.69, 9.17) is 0 Å². The fraction of sp³-hybridized carbons (Fsp3) is 0.235. The number of amides is 1. The number of aromatic nitrogens is 5. The Bertz CT molecular complexity index is 1050. The molecular formula is C17H16N6OS. The van der Waals surface area contributed by atoms with Crippen molar-refractivity contribution in [3.05, 3.63) is 47.8 Å². The van der Waals surface area contributed by atoms with Crippen molar-refractivity contribution >= 4 is 39.7 Å². The molecule has 0 aliphatic carbocycles. The molecule has 3 heterocycles. The largest absolute Gasteiger partial charge is 0.352 e. The second-order valence-electron chi connectivity index (χ2n) is 5.87. The van der Waals surface area contributed by atoms with E-state index < -0.39 is 0 Å². The van der Waals surface area contributed by atoms with Gasteiger partial charge in [0.2, 0.25) is 0 Å². The number of nitrogens with one attached hydrogen (secondary N) is 1. The minimum atomic E-state index is -0.149. The molecular weight excluding hydrogens is 336 g/mol. The number of pyridine rings is 1. The lowest BCUT2D eigenvalue weighted by molar-refractivity contribution is 0.0952. The van der Waals surface area contributed by atoms with Crippen LogP contribution < -0.4 is 5.32 Å². The Morgan fingerprint density at radius 1 is 1.24 bits per heavy atom. The number of hydrogen-bond donors (Lipinski definition) is 1. The average Bonchev–Trinajstić information content (AvgIpc) is 3.24. The summed E-state index contributed by atoms with van der Waals surface area (Å²) in [6.45, 7) is 3.39. The Balaban J connectivity index is 1.35. The zero-order valence-corrected chi connectivity index (χ0v) is 14.5. The molecule has 1 amide bonds. The molecule has 0 fully saturated rings. The van der Waals surface area contributed by atoms with Crippen LogP contribution in [0.3, 0.4) is 0 Å². The van der Waals surface area contributed by atoms with E-state index >= 15 is 0 Å². The topological polar surface area (TPSA) is 85.6 Å². The quantitative estimate of drug-likeness (QED) is 0.558. The Labute approximate surface area is 148 Å². The molecule has 0 unspecified atom stereocenters. The molecule has 126 valence electrons. The number of fused-ring (bicyclic) bond motifs is 2. The van der Waals surface area contributed by atoms with Gasteiger partial charge in [0.1, 0.15) is 5.52 Å². The molecule has 1 aromatic carbocycles. The maximum Gasteiger partial charge on any atom is 0.252 e. The van der Waals surface area contributed by atoms with E-state index in [2.05, 4.69) is 49.3 Å². The molecule has 0 bridgehead atoms. The fourth-order valence-corrected chi connectivity index (χ4v) is 3.18. The summed E-state index contributed by atoms with van der Waals surface area (Å²) < 4.78 is 10.1. The van der Waals surface area contributed by atoms with Gasteiger partial charge in [-0.15, -0.1) is 0 Å².